The third kappa shape index (κ3) is 16.2. The Balaban J connectivity index is 0. The van der Waals surface area contributed by atoms with Crippen molar-refractivity contribution in [3.63, 3.8) is 0 Å². The molecule has 2 rings (SSSR count). The van der Waals surface area contributed by atoms with Gasteiger partial charge in [-0.25, -0.2) is 0 Å². The Hall–Kier alpha value is -1.71. The maximum absolute atomic E-state index is 4.28. The van der Waals surface area contributed by atoms with E-state index in [0.717, 1.165) is 25.2 Å². The predicted molar refractivity (Wildman–Crippen MR) is 122 cm³/mol. The smallest absolute Gasteiger partial charge is 0.0543 e. The first-order valence-electron chi connectivity index (χ1n) is 10.1. The van der Waals surface area contributed by atoms with Crippen molar-refractivity contribution in [1.82, 2.24) is 14.8 Å². The molecule has 1 aromatic heterocycles. The summed E-state index contributed by atoms with van der Waals surface area (Å²) < 4.78 is 0. The normalized spacial score (nSPS) is 9.48. The summed E-state index contributed by atoms with van der Waals surface area (Å²) in [5.74, 6) is 0. The lowest BCUT2D eigenvalue weighted by molar-refractivity contribution is 0.397. The standard InChI is InChI=1S/C11H17N.C9H14N2.2C2H6/c1-10-4-6-11(7-5-10)8-9-12(2)3;1-8-4-5-9(10-6-8)7-11(2)3;2*1-2/h4-7H,8-9H2,1-3H3;4-6H,7H2,1-3H3;2*1-2H3. The molecule has 0 aliphatic carbocycles. The molecular formula is C24H43N3. The Morgan fingerprint density at radius 3 is 1.63 bits per heavy atom. The van der Waals surface area contributed by atoms with Gasteiger partial charge in [0.25, 0.3) is 0 Å². The van der Waals surface area contributed by atoms with E-state index in [0.29, 0.717) is 0 Å². The van der Waals surface area contributed by atoms with Crippen molar-refractivity contribution in [2.45, 2.75) is 54.5 Å². The zero-order valence-corrected chi connectivity index (χ0v) is 19.5. The molecule has 0 N–H and O–H groups in total. The molecule has 0 fully saturated rings. The summed E-state index contributed by atoms with van der Waals surface area (Å²) >= 11 is 0. The van der Waals surface area contributed by atoms with Gasteiger partial charge in [0, 0.05) is 19.3 Å². The third-order valence-corrected chi connectivity index (χ3v) is 3.42. The van der Waals surface area contributed by atoms with E-state index < -0.39 is 0 Å². The van der Waals surface area contributed by atoms with E-state index in [1.54, 1.807) is 0 Å². The van der Waals surface area contributed by atoms with Gasteiger partial charge in [0.1, 0.15) is 0 Å². The van der Waals surface area contributed by atoms with E-state index in [1.807, 2.05) is 54.9 Å². The van der Waals surface area contributed by atoms with Gasteiger partial charge in [0.2, 0.25) is 0 Å². The fraction of sp³-hybridized carbons (Fsp3) is 0.542. The number of likely N-dealkylation sites (N-methyl/N-ethyl adjacent to an activating group) is 1. The van der Waals surface area contributed by atoms with Gasteiger partial charge >= 0.3 is 0 Å². The summed E-state index contributed by atoms with van der Waals surface area (Å²) in [5.41, 5.74) is 5.10. The van der Waals surface area contributed by atoms with Crippen molar-refractivity contribution in [3.05, 3.63) is 65.0 Å². The summed E-state index contributed by atoms with van der Waals surface area (Å²) in [6.45, 7) is 14.2. The number of benzene rings is 1. The number of nitrogens with zero attached hydrogens (tertiary/aromatic N) is 3. The molecule has 0 unspecified atom stereocenters. The van der Waals surface area contributed by atoms with Crippen LogP contribution in [0.1, 0.15) is 50.1 Å². The molecule has 0 amide bonds. The van der Waals surface area contributed by atoms with E-state index in [1.165, 1.54) is 16.7 Å². The lowest BCUT2D eigenvalue weighted by Gasteiger charge is -2.08. The highest BCUT2D eigenvalue weighted by Gasteiger charge is 1.94. The molecule has 3 heteroatoms. The van der Waals surface area contributed by atoms with Crippen molar-refractivity contribution >= 4 is 0 Å². The SMILES string of the molecule is CC.CC.Cc1ccc(CCN(C)C)cc1.Cc1ccc(CN(C)C)nc1. The van der Waals surface area contributed by atoms with Gasteiger partial charge in [-0.2, -0.15) is 0 Å². The van der Waals surface area contributed by atoms with Crippen LogP contribution in [0.5, 0.6) is 0 Å². The lowest BCUT2D eigenvalue weighted by Crippen LogP contribution is -2.14. The predicted octanol–water partition coefficient (Wildman–Crippen LogP) is 5.60. The van der Waals surface area contributed by atoms with E-state index in [-0.39, 0.29) is 0 Å². The van der Waals surface area contributed by atoms with Crippen molar-refractivity contribution in [2.75, 3.05) is 34.7 Å². The molecule has 2 aromatic rings. The molecule has 0 atom stereocenters. The molecule has 1 heterocycles. The van der Waals surface area contributed by atoms with Crippen LogP contribution in [-0.2, 0) is 13.0 Å². The van der Waals surface area contributed by atoms with Gasteiger partial charge in [0.05, 0.1) is 5.69 Å². The molecule has 1 aromatic carbocycles. The van der Waals surface area contributed by atoms with E-state index in [9.17, 15) is 0 Å². The summed E-state index contributed by atoms with van der Waals surface area (Å²) in [4.78, 5) is 8.59. The average Bonchev–Trinajstić information content (AvgIpc) is 2.66. The topological polar surface area (TPSA) is 19.4 Å². The highest BCUT2D eigenvalue weighted by atomic mass is 15.1. The first kappa shape index (κ1) is 27.5. The van der Waals surface area contributed by atoms with Crippen LogP contribution in [-0.4, -0.2) is 49.5 Å². The van der Waals surface area contributed by atoms with Crippen LogP contribution in [0.15, 0.2) is 42.6 Å². The van der Waals surface area contributed by atoms with Gasteiger partial charge in [-0.1, -0.05) is 63.6 Å². The monoisotopic (exact) mass is 373 g/mol. The second-order valence-corrected chi connectivity index (χ2v) is 6.60. The molecule has 154 valence electrons. The van der Waals surface area contributed by atoms with Crippen LogP contribution in [0.4, 0.5) is 0 Å². The quantitative estimate of drug-likeness (QED) is 0.680. The first-order chi connectivity index (χ1) is 12.9. The minimum atomic E-state index is 0.917. The molecule has 0 saturated heterocycles. The van der Waals surface area contributed by atoms with Crippen LogP contribution >= 0.6 is 0 Å². The number of aryl methyl sites for hydroxylation is 2. The zero-order chi connectivity index (χ0) is 21.2. The van der Waals surface area contributed by atoms with Crippen LogP contribution in [0, 0.1) is 13.8 Å². The largest absolute Gasteiger partial charge is 0.309 e. The number of aromatic nitrogens is 1. The number of hydrogen-bond acceptors (Lipinski definition) is 3. The first-order valence-corrected chi connectivity index (χ1v) is 10.1. The van der Waals surface area contributed by atoms with Gasteiger partial charge in [-0.3, -0.25) is 4.98 Å². The van der Waals surface area contributed by atoms with Crippen LogP contribution in [0.2, 0.25) is 0 Å². The third-order valence-electron chi connectivity index (χ3n) is 3.42. The van der Waals surface area contributed by atoms with Crippen molar-refractivity contribution in [1.29, 1.82) is 0 Å². The van der Waals surface area contributed by atoms with Crippen LogP contribution in [0.25, 0.3) is 0 Å². The molecule has 0 radical (unpaired) electrons. The fourth-order valence-corrected chi connectivity index (χ4v) is 2.02. The highest BCUT2D eigenvalue weighted by Crippen LogP contribution is 2.03. The van der Waals surface area contributed by atoms with E-state index in [2.05, 4.69) is 72.2 Å². The van der Waals surface area contributed by atoms with Gasteiger partial charge < -0.3 is 9.80 Å². The molecule has 0 bridgehead atoms. The second-order valence-electron chi connectivity index (χ2n) is 6.60. The Morgan fingerprint density at radius 2 is 1.22 bits per heavy atom. The Bertz CT molecular complexity index is 543. The van der Waals surface area contributed by atoms with Gasteiger partial charge in [-0.15, -0.1) is 0 Å². The number of pyridine rings is 1. The summed E-state index contributed by atoms with van der Waals surface area (Å²) in [5, 5.41) is 0. The minimum absolute atomic E-state index is 0.917. The van der Waals surface area contributed by atoms with Gasteiger partial charge in [0.15, 0.2) is 0 Å². The summed E-state index contributed by atoms with van der Waals surface area (Å²) in [6.07, 6.45) is 3.05. The summed E-state index contributed by atoms with van der Waals surface area (Å²) in [7, 11) is 8.30. The lowest BCUT2D eigenvalue weighted by atomic mass is 10.1. The summed E-state index contributed by atoms with van der Waals surface area (Å²) in [6, 6.07) is 12.9. The minimum Gasteiger partial charge on any atom is -0.309 e. The van der Waals surface area contributed by atoms with Crippen molar-refractivity contribution in [3.8, 4) is 0 Å². The molecule has 0 aliphatic rings. The van der Waals surface area contributed by atoms with Gasteiger partial charge in [-0.05, 0) is 65.7 Å². The number of rotatable bonds is 5. The molecule has 0 aliphatic heterocycles. The Morgan fingerprint density at radius 1 is 0.704 bits per heavy atom. The molecule has 0 spiro atoms. The van der Waals surface area contributed by atoms with E-state index >= 15 is 0 Å². The zero-order valence-electron chi connectivity index (χ0n) is 19.5. The van der Waals surface area contributed by atoms with Crippen molar-refractivity contribution < 1.29 is 0 Å². The van der Waals surface area contributed by atoms with Crippen LogP contribution < -0.4 is 0 Å². The molecular weight excluding hydrogens is 330 g/mol. The molecule has 3 nitrogen and oxygen atoms in total. The maximum atomic E-state index is 4.28. The molecule has 0 saturated carbocycles. The Kier molecular flexibility index (Phi) is 18.0. The molecule has 27 heavy (non-hydrogen) atoms. The second kappa shape index (κ2) is 17.7. The number of hydrogen-bond donors (Lipinski definition) is 0. The van der Waals surface area contributed by atoms with Crippen molar-refractivity contribution in [2.24, 2.45) is 0 Å². The highest BCUT2D eigenvalue weighted by molar-refractivity contribution is 5.21. The van der Waals surface area contributed by atoms with Crippen LogP contribution in [0.3, 0.4) is 0 Å². The average molecular weight is 374 g/mol. The van der Waals surface area contributed by atoms with E-state index in [4.69, 9.17) is 0 Å². The Labute approximate surface area is 169 Å². The fourth-order valence-electron chi connectivity index (χ4n) is 2.02. The maximum Gasteiger partial charge on any atom is 0.0543 e.